The molecule has 39 heavy (non-hydrogen) atoms. The van der Waals surface area contributed by atoms with Gasteiger partial charge in [-0.1, -0.05) is 55.4 Å². The van der Waals surface area contributed by atoms with E-state index in [0.717, 1.165) is 36.1 Å². The molecule has 1 aliphatic rings. The van der Waals surface area contributed by atoms with Gasteiger partial charge in [0.2, 0.25) is 23.5 Å². The van der Waals surface area contributed by atoms with Crippen LogP contribution in [-0.4, -0.2) is 72.2 Å². The molecule has 0 aliphatic heterocycles. The predicted molar refractivity (Wildman–Crippen MR) is 153 cm³/mol. The van der Waals surface area contributed by atoms with E-state index in [9.17, 15) is 9.59 Å². The SMILES string of the molecule is Cc1nc(-c2ccc(C)c(N(CCNC(C)C)C(=O)CNCC(=O)N(C)C3CCc4ccccc4C3)c2)no1. The minimum Gasteiger partial charge on any atom is -0.341 e. The maximum Gasteiger partial charge on any atom is 0.241 e. The number of nitrogens with zero attached hydrogens (tertiary/aromatic N) is 4. The van der Waals surface area contributed by atoms with Gasteiger partial charge in [0.1, 0.15) is 0 Å². The highest BCUT2D eigenvalue weighted by Crippen LogP contribution is 2.27. The van der Waals surface area contributed by atoms with Gasteiger partial charge in [0, 0.05) is 50.4 Å². The molecule has 3 aromatic rings. The number of aryl methyl sites for hydroxylation is 3. The van der Waals surface area contributed by atoms with Crippen LogP contribution in [0.2, 0.25) is 0 Å². The highest BCUT2D eigenvalue weighted by Gasteiger charge is 2.25. The number of amides is 2. The standard InChI is InChI=1S/C30H40N6O3/c1-20(2)32-14-15-36(27-17-25(11-10-21(27)3)30-33-22(4)39-34-30)29(38)19-31-18-28(37)35(5)26-13-12-23-8-6-7-9-24(23)16-26/h6-11,17,20,26,31-32H,12-16,18-19H2,1-5H3. The van der Waals surface area contributed by atoms with E-state index in [-0.39, 0.29) is 30.9 Å². The molecule has 1 aromatic heterocycles. The quantitative estimate of drug-likeness (QED) is 0.391. The third-order valence-electron chi connectivity index (χ3n) is 7.29. The van der Waals surface area contributed by atoms with Gasteiger partial charge in [-0.05, 0) is 48.9 Å². The molecular formula is C30H40N6O3. The van der Waals surface area contributed by atoms with Crippen LogP contribution in [0.4, 0.5) is 5.69 Å². The molecule has 2 aromatic carbocycles. The fourth-order valence-corrected chi connectivity index (χ4v) is 5.01. The Balaban J connectivity index is 1.40. The van der Waals surface area contributed by atoms with Crippen molar-refractivity contribution in [2.75, 3.05) is 38.1 Å². The number of carbonyl (C=O) groups is 2. The Labute approximate surface area is 231 Å². The van der Waals surface area contributed by atoms with Crippen molar-refractivity contribution < 1.29 is 14.1 Å². The molecule has 0 spiro atoms. The summed E-state index contributed by atoms with van der Waals surface area (Å²) in [4.78, 5) is 34.4. The number of benzene rings is 2. The molecular weight excluding hydrogens is 492 g/mol. The molecule has 9 heteroatoms. The van der Waals surface area contributed by atoms with E-state index in [1.54, 1.807) is 11.8 Å². The van der Waals surface area contributed by atoms with Gasteiger partial charge < -0.3 is 19.6 Å². The molecule has 4 rings (SSSR count). The lowest BCUT2D eigenvalue weighted by Crippen LogP contribution is -2.47. The lowest BCUT2D eigenvalue weighted by molar-refractivity contribution is -0.131. The summed E-state index contributed by atoms with van der Waals surface area (Å²) in [6.07, 6.45) is 2.79. The summed E-state index contributed by atoms with van der Waals surface area (Å²) in [6.45, 7) is 9.17. The first-order valence-electron chi connectivity index (χ1n) is 13.7. The first-order chi connectivity index (χ1) is 18.7. The first kappa shape index (κ1) is 28.4. The number of likely N-dealkylation sites (N-methyl/N-ethyl adjacent to an activating group) is 1. The maximum absolute atomic E-state index is 13.5. The summed E-state index contributed by atoms with van der Waals surface area (Å²) in [5.74, 6) is 0.856. The summed E-state index contributed by atoms with van der Waals surface area (Å²) >= 11 is 0. The number of fused-ring (bicyclic) bond motifs is 1. The third-order valence-corrected chi connectivity index (χ3v) is 7.29. The number of hydrogen-bond acceptors (Lipinski definition) is 7. The summed E-state index contributed by atoms with van der Waals surface area (Å²) in [6, 6.07) is 14.7. The van der Waals surface area contributed by atoms with Crippen LogP contribution in [0.15, 0.2) is 47.0 Å². The van der Waals surface area contributed by atoms with Gasteiger partial charge in [-0.2, -0.15) is 4.98 Å². The van der Waals surface area contributed by atoms with Gasteiger partial charge in [0.25, 0.3) is 0 Å². The fourth-order valence-electron chi connectivity index (χ4n) is 5.01. The van der Waals surface area contributed by atoms with Crippen molar-refractivity contribution in [3.05, 3.63) is 65.0 Å². The Kier molecular flexibility index (Phi) is 9.48. The van der Waals surface area contributed by atoms with Crippen LogP contribution in [0.25, 0.3) is 11.4 Å². The van der Waals surface area contributed by atoms with Gasteiger partial charge >= 0.3 is 0 Å². The molecule has 208 valence electrons. The maximum atomic E-state index is 13.5. The van der Waals surface area contributed by atoms with E-state index in [1.807, 2.05) is 37.1 Å². The molecule has 2 amide bonds. The van der Waals surface area contributed by atoms with Gasteiger partial charge in [-0.25, -0.2) is 0 Å². The van der Waals surface area contributed by atoms with Gasteiger partial charge in [0.15, 0.2) is 0 Å². The van der Waals surface area contributed by atoms with Gasteiger partial charge in [-0.3, -0.25) is 14.9 Å². The number of nitrogens with one attached hydrogen (secondary N) is 2. The van der Waals surface area contributed by atoms with Crippen molar-refractivity contribution >= 4 is 17.5 Å². The minimum absolute atomic E-state index is 0.00846. The van der Waals surface area contributed by atoms with Crippen molar-refractivity contribution in [2.24, 2.45) is 0 Å². The van der Waals surface area contributed by atoms with Crippen molar-refractivity contribution in [3.63, 3.8) is 0 Å². The Bertz CT molecular complexity index is 1290. The second-order valence-electron chi connectivity index (χ2n) is 10.6. The molecule has 1 unspecified atom stereocenters. The van der Waals surface area contributed by atoms with Gasteiger partial charge in [-0.15, -0.1) is 0 Å². The van der Waals surface area contributed by atoms with E-state index in [4.69, 9.17) is 4.52 Å². The number of rotatable bonds is 11. The van der Waals surface area contributed by atoms with Gasteiger partial charge in [0.05, 0.1) is 13.1 Å². The van der Waals surface area contributed by atoms with Crippen LogP contribution in [0.3, 0.4) is 0 Å². The Morgan fingerprint density at radius 1 is 1.08 bits per heavy atom. The molecule has 0 bridgehead atoms. The van der Waals surface area contributed by atoms with Crippen LogP contribution in [0.1, 0.15) is 42.8 Å². The lowest BCUT2D eigenvalue weighted by Gasteiger charge is -2.32. The fraction of sp³-hybridized carbons (Fsp3) is 0.467. The topological polar surface area (TPSA) is 104 Å². The number of hydrogen-bond donors (Lipinski definition) is 2. The minimum atomic E-state index is -0.104. The van der Waals surface area contributed by atoms with Crippen LogP contribution in [0, 0.1) is 13.8 Å². The molecule has 1 aliphatic carbocycles. The molecule has 0 saturated heterocycles. The van der Waals surface area contributed by atoms with Crippen LogP contribution in [0.5, 0.6) is 0 Å². The Morgan fingerprint density at radius 2 is 1.82 bits per heavy atom. The second-order valence-corrected chi connectivity index (χ2v) is 10.6. The van der Waals surface area contributed by atoms with E-state index >= 15 is 0 Å². The Hall–Kier alpha value is -3.56. The monoisotopic (exact) mass is 532 g/mol. The zero-order valence-electron chi connectivity index (χ0n) is 23.7. The first-order valence-corrected chi connectivity index (χ1v) is 13.7. The average Bonchev–Trinajstić information content (AvgIpc) is 3.36. The van der Waals surface area contributed by atoms with Crippen molar-refractivity contribution in [3.8, 4) is 11.4 Å². The summed E-state index contributed by atoms with van der Waals surface area (Å²) in [7, 11) is 1.86. The van der Waals surface area contributed by atoms with Crippen molar-refractivity contribution in [1.82, 2.24) is 25.7 Å². The van der Waals surface area contributed by atoms with Crippen LogP contribution < -0.4 is 15.5 Å². The van der Waals surface area contributed by atoms with E-state index < -0.39 is 0 Å². The van der Waals surface area contributed by atoms with E-state index in [0.29, 0.717) is 30.8 Å². The average molecular weight is 533 g/mol. The molecule has 2 N–H and O–H groups in total. The largest absolute Gasteiger partial charge is 0.341 e. The molecule has 9 nitrogen and oxygen atoms in total. The van der Waals surface area contributed by atoms with E-state index in [2.05, 4.69) is 58.9 Å². The zero-order chi connectivity index (χ0) is 27.9. The second kappa shape index (κ2) is 13.0. The summed E-state index contributed by atoms with van der Waals surface area (Å²) in [5.41, 5.74) is 5.22. The van der Waals surface area contributed by atoms with E-state index in [1.165, 1.54) is 11.1 Å². The van der Waals surface area contributed by atoms with Crippen LogP contribution in [-0.2, 0) is 22.4 Å². The van der Waals surface area contributed by atoms with Crippen LogP contribution >= 0.6 is 0 Å². The summed E-state index contributed by atoms with van der Waals surface area (Å²) < 4.78 is 5.15. The third kappa shape index (κ3) is 7.30. The lowest BCUT2D eigenvalue weighted by atomic mass is 9.87. The smallest absolute Gasteiger partial charge is 0.241 e. The number of aromatic nitrogens is 2. The molecule has 0 radical (unpaired) electrons. The number of carbonyl (C=O) groups excluding carboxylic acids is 2. The molecule has 0 saturated carbocycles. The zero-order valence-corrected chi connectivity index (χ0v) is 23.7. The highest BCUT2D eigenvalue weighted by atomic mass is 16.5. The van der Waals surface area contributed by atoms with Crippen molar-refractivity contribution in [2.45, 2.75) is 59.0 Å². The molecule has 1 heterocycles. The molecule has 1 atom stereocenters. The molecule has 0 fully saturated rings. The van der Waals surface area contributed by atoms with Crippen molar-refractivity contribution in [1.29, 1.82) is 0 Å². The Morgan fingerprint density at radius 3 is 2.54 bits per heavy atom. The highest BCUT2D eigenvalue weighted by molar-refractivity contribution is 5.96. The normalized spacial score (nSPS) is 14.8. The summed E-state index contributed by atoms with van der Waals surface area (Å²) in [5, 5.41) is 10.5. The predicted octanol–water partition coefficient (Wildman–Crippen LogP) is 3.29. The number of anilines is 1.